The molecule has 1 N–H and O–H groups in total. The second kappa shape index (κ2) is 4.64. The van der Waals surface area contributed by atoms with Gasteiger partial charge < -0.3 is 10.1 Å². The molecule has 15 heavy (non-hydrogen) atoms. The Labute approximate surface area is 93.4 Å². The summed E-state index contributed by atoms with van der Waals surface area (Å²) >= 11 is 5.91. The van der Waals surface area contributed by atoms with Crippen LogP contribution in [-0.4, -0.2) is 19.1 Å². The zero-order chi connectivity index (χ0) is 10.7. The van der Waals surface area contributed by atoms with Gasteiger partial charge in [-0.1, -0.05) is 23.7 Å². The summed E-state index contributed by atoms with van der Waals surface area (Å²) < 4.78 is 5.00. The fraction of sp³-hybridized carbons (Fsp3) is 0.364. The van der Waals surface area contributed by atoms with Crippen molar-refractivity contribution >= 4 is 23.2 Å². The van der Waals surface area contributed by atoms with Crippen molar-refractivity contribution in [2.75, 3.05) is 18.5 Å². The van der Waals surface area contributed by atoms with Gasteiger partial charge in [0, 0.05) is 12.3 Å². The number of carbonyl (C=O) groups is 1. The number of para-hydroxylation sites is 1. The number of rotatable bonds is 3. The predicted octanol–water partition coefficient (Wildman–Crippen LogP) is 2.32. The summed E-state index contributed by atoms with van der Waals surface area (Å²) in [7, 11) is 0. The van der Waals surface area contributed by atoms with Gasteiger partial charge in [0.2, 0.25) is 5.91 Å². The number of nitrogens with one attached hydrogen (secondary N) is 1. The van der Waals surface area contributed by atoms with Crippen molar-refractivity contribution in [3.8, 4) is 0 Å². The molecule has 0 bridgehead atoms. The topological polar surface area (TPSA) is 38.3 Å². The Balaban J connectivity index is 1.90. The lowest BCUT2D eigenvalue weighted by atomic mass is 10.0. The molecule has 1 aromatic carbocycles. The molecule has 80 valence electrons. The maximum atomic E-state index is 11.5. The lowest BCUT2D eigenvalue weighted by molar-refractivity contribution is -0.121. The zero-order valence-corrected chi connectivity index (χ0v) is 8.96. The first-order valence-electron chi connectivity index (χ1n) is 4.88. The van der Waals surface area contributed by atoms with Crippen LogP contribution in [0.3, 0.4) is 0 Å². The molecule has 2 rings (SSSR count). The molecule has 1 heterocycles. The van der Waals surface area contributed by atoms with Crippen molar-refractivity contribution in [2.24, 2.45) is 5.92 Å². The molecular weight excluding hydrogens is 214 g/mol. The van der Waals surface area contributed by atoms with E-state index in [1.165, 1.54) is 0 Å². The predicted molar refractivity (Wildman–Crippen MR) is 59.0 cm³/mol. The van der Waals surface area contributed by atoms with Gasteiger partial charge in [-0.05, 0) is 12.1 Å². The highest BCUT2D eigenvalue weighted by molar-refractivity contribution is 6.33. The van der Waals surface area contributed by atoms with Gasteiger partial charge in [0.15, 0.2) is 0 Å². The number of hydrogen-bond acceptors (Lipinski definition) is 2. The maximum absolute atomic E-state index is 11.5. The summed E-state index contributed by atoms with van der Waals surface area (Å²) in [4.78, 5) is 11.5. The van der Waals surface area contributed by atoms with E-state index in [1.807, 2.05) is 12.1 Å². The van der Waals surface area contributed by atoms with Crippen LogP contribution in [0, 0.1) is 5.92 Å². The number of anilines is 1. The van der Waals surface area contributed by atoms with Gasteiger partial charge in [-0.25, -0.2) is 0 Å². The van der Waals surface area contributed by atoms with E-state index in [2.05, 4.69) is 5.32 Å². The first-order valence-corrected chi connectivity index (χ1v) is 5.25. The van der Waals surface area contributed by atoms with E-state index >= 15 is 0 Å². The second-order valence-corrected chi connectivity index (χ2v) is 4.04. The number of halogens is 1. The molecule has 0 saturated carbocycles. The van der Waals surface area contributed by atoms with E-state index in [4.69, 9.17) is 16.3 Å². The number of carbonyl (C=O) groups excluding carboxylic acids is 1. The van der Waals surface area contributed by atoms with Gasteiger partial charge in [0.25, 0.3) is 0 Å². The zero-order valence-electron chi connectivity index (χ0n) is 8.20. The quantitative estimate of drug-likeness (QED) is 0.858. The van der Waals surface area contributed by atoms with E-state index in [-0.39, 0.29) is 5.91 Å². The lowest BCUT2D eigenvalue weighted by Gasteiger charge is -2.25. The number of amides is 1. The molecule has 1 aliphatic heterocycles. The minimum atomic E-state index is -0.00333. The molecule has 3 nitrogen and oxygen atoms in total. The Morgan fingerprint density at radius 3 is 2.80 bits per heavy atom. The highest BCUT2D eigenvalue weighted by Crippen LogP contribution is 2.22. The molecular formula is C11H12ClNO2. The Bertz CT molecular complexity index is 363. The van der Waals surface area contributed by atoms with Crippen molar-refractivity contribution in [3.63, 3.8) is 0 Å². The van der Waals surface area contributed by atoms with Gasteiger partial charge in [-0.2, -0.15) is 0 Å². The third-order valence-corrected chi connectivity index (χ3v) is 2.66. The van der Waals surface area contributed by atoms with Crippen molar-refractivity contribution in [1.82, 2.24) is 0 Å². The summed E-state index contributed by atoms with van der Waals surface area (Å²) in [6, 6.07) is 7.22. The molecule has 0 radical (unpaired) electrons. The van der Waals surface area contributed by atoms with Crippen LogP contribution in [0.25, 0.3) is 0 Å². The number of ether oxygens (including phenoxy) is 1. The van der Waals surface area contributed by atoms with Crippen LogP contribution in [0.15, 0.2) is 24.3 Å². The van der Waals surface area contributed by atoms with Crippen molar-refractivity contribution in [3.05, 3.63) is 29.3 Å². The normalized spacial score (nSPS) is 15.8. The summed E-state index contributed by atoms with van der Waals surface area (Å²) in [5.74, 6) is 0.365. The van der Waals surface area contributed by atoms with Crippen LogP contribution in [0.5, 0.6) is 0 Å². The van der Waals surface area contributed by atoms with Gasteiger partial charge in [-0.3, -0.25) is 4.79 Å². The first-order chi connectivity index (χ1) is 7.25. The SMILES string of the molecule is O=C(CC1COC1)Nc1ccccc1Cl. The monoisotopic (exact) mass is 225 g/mol. The molecule has 1 saturated heterocycles. The fourth-order valence-electron chi connectivity index (χ4n) is 1.43. The molecule has 1 amide bonds. The first kappa shape index (κ1) is 10.5. The summed E-state index contributed by atoms with van der Waals surface area (Å²) in [6.45, 7) is 1.38. The molecule has 0 atom stereocenters. The van der Waals surface area contributed by atoms with Crippen LogP contribution in [0.1, 0.15) is 6.42 Å². The molecule has 0 aliphatic carbocycles. The highest BCUT2D eigenvalue weighted by Gasteiger charge is 2.21. The number of benzene rings is 1. The lowest BCUT2D eigenvalue weighted by Crippen LogP contribution is -2.31. The van der Waals surface area contributed by atoms with Crippen LogP contribution < -0.4 is 5.32 Å². The average molecular weight is 226 g/mol. The Morgan fingerprint density at radius 1 is 1.47 bits per heavy atom. The van der Waals surface area contributed by atoms with Gasteiger partial charge in [0.05, 0.1) is 23.9 Å². The summed E-state index contributed by atoms with van der Waals surface area (Å²) in [5, 5.41) is 3.35. The Hall–Kier alpha value is -1.06. The maximum Gasteiger partial charge on any atom is 0.224 e. The summed E-state index contributed by atoms with van der Waals surface area (Å²) in [5.41, 5.74) is 0.671. The van der Waals surface area contributed by atoms with Crippen LogP contribution >= 0.6 is 11.6 Å². The molecule has 1 aromatic rings. The molecule has 1 aliphatic rings. The van der Waals surface area contributed by atoms with E-state index in [9.17, 15) is 4.79 Å². The molecule has 1 fully saturated rings. The van der Waals surface area contributed by atoms with Gasteiger partial charge in [0.1, 0.15) is 0 Å². The van der Waals surface area contributed by atoms with Gasteiger partial charge in [-0.15, -0.1) is 0 Å². The molecule has 0 spiro atoms. The minimum Gasteiger partial charge on any atom is -0.381 e. The third-order valence-electron chi connectivity index (χ3n) is 2.33. The van der Waals surface area contributed by atoms with Gasteiger partial charge >= 0.3 is 0 Å². The van der Waals surface area contributed by atoms with Crippen molar-refractivity contribution < 1.29 is 9.53 Å². The van der Waals surface area contributed by atoms with Crippen LogP contribution in [-0.2, 0) is 9.53 Å². The summed E-state index contributed by atoms with van der Waals surface area (Å²) in [6.07, 6.45) is 0.505. The van der Waals surface area contributed by atoms with E-state index in [0.29, 0.717) is 36.3 Å². The average Bonchev–Trinajstić information content (AvgIpc) is 2.16. The Morgan fingerprint density at radius 2 is 2.20 bits per heavy atom. The highest BCUT2D eigenvalue weighted by atomic mass is 35.5. The molecule has 4 heteroatoms. The Kier molecular flexibility index (Phi) is 3.23. The minimum absolute atomic E-state index is 0.00333. The van der Waals surface area contributed by atoms with Crippen molar-refractivity contribution in [2.45, 2.75) is 6.42 Å². The number of hydrogen-bond donors (Lipinski definition) is 1. The third kappa shape index (κ3) is 2.70. The molecule has 0 unspecified atom stereocenters. The fourth-order valence-corrected chi connectivity index (χ4v) is 1.61. The van der Waals surface area contributed by atoms with E-state index in [1.54, 1.807) is 12.1 Å². The second-order valence-electron chi connectivity index (χ2n) is 3.64. The van der Waals surface area contributed by atoms with E-state index < -0.39 is 0 Å². The smallest absolute Gasteiger partial charge is 0.224 e. The van der Waals surface area contributed by atoms with Crippen LogP contribution in [0.2, 0.25) is 5.02 Å². The van der Waals surface area contributed by atoms with Crippen LogP contribution in [0.4, 0.5) is 5.69 Å². The van der Waals surface area contributed by atoms with E-state index in [0.717, 1.165) is 0 Å². The molecule has 0 aromatic heterocycles. The largest absolute Gasteiger partial charge is 0.381 e. The van der Waals surface area contributed by atoms with Crippen molar-refractivity contribution in [1.29, 1.82) is 0 Å². The standard InChI is InChI=1S/C11H12ClNO2/c12-9-3-1-2-4-10(9)13-11(14)5-8-6-15-7-8/h1-4,8H,5-7H2,(H,13,14).